The summed E-state index contributed by atoms with van der Waals surface area (Å²) in [5.74, 6) is 0.503. The Kier molecular flexibility index (Phi) is 5.76. The number of benzene rings is 1. The minimum atomic E-state index is -0.163. The molecule has 138 valence electrons. The van der Waals surface area contributed by atoms with Gasteiger partial charge in [0.1, 0.15) is 0 Å². The minimum Gasteiger partial charge on any atom is -0.352 e. The lowest BCUT2D eigenvalue weighted by atomic mass is 9.99. The van der Waals surface area contributed by atoms with Crippen LogP contribution in [0.25, 0.3) is 5.82 Å². The van der Waals surface area contributed by atoms with E-state index >= 15 is 0 Å². The second-order valence-electron chi connectivity index (χ2n) is 6.46. The molecule has 1 amide bonds. The fraction of sp³-hybridized carbons (Fsp3) is 0.238. The smallest absolute Gasteiger partial charge is 0.220 e. The summed E-state index contributed by atoms with van der Waals surface area (Å²) in [6.45, 7) is 4.19. The summed E-state index contributed by atoms with van der Waals surface area (Å²) < 4.78 is 1.66. The van der Waals surface area contributed by atoms with Gasteiger partial charge in [-0.3, -0.25) is 9.59 Å². The Labute approximate surface area is 158 Å². The first-order chi connectivity index (χ1) is 13.0. The maximum Gasteiger partial charge on any atom is 0.220 e. The van der Waals surface area contributed by atoms with Gasteiger partial charge < -0.3 is 5.32 Å². The minimum absolute atomic E-state index is 0.00930. The van der Waals surface area contributed by atoms with E-state index < -0.39 is 0 Å². The van der Waals surface area contributed by atoms with Gasteiger partial charge in [-0.1, -0.05) is 23.8 Å². The van der Waals surface area contributed by atoms with Gasteiger partial charge in [0.05, 0.1) is 0 Å². The molecule has 0 aliphatic carbocycles. The largest absolute Gasteiger partial charge is 0.352 e. The highest BCUT2D eigenvalue weighted by molar-refractivity contribution is 5.99. The Hall–Kier alpha value is -3.28. The van der Waals surface area contributed by atoms with Crippen molar-refractivity contribution in [3.8, 4) is 5.82 Å². The van der Waals surface area contributed by atoms with Gasteiger partial charge in [0.15, 0.2) is 11.6 Å². The van der Waals surface area contributed by atoms with Crippen molar-refractivity contribution < 1.29 is 9.59 Å². The number of aromatic nitrogens is 3. The van der Waals surface area contributed by atoms with Crippen LogP contribution in [0.2, 0.25) is 0 Å². The van der Waals surface area contributed by atoms with Crippen molar-refractivity contribution in [1.29, 1.82) is 0 Å². The van der Waals surface area contributed by atoms with E-state index in [0.29, 0.717) is 17.9 Å². The molecule has 0 aliphatic heterocycles. The molecule has 6 nitrogen and oxygen atoms in total. The number of ketones is 1. The number of amides is 1. The highest BCUT2D eigenvalue weighted by Gasteiger charge is 2.13. The summed E-state index contributed by atoms with van der Waals surface area (Å²) in [6.07, 6.45) is 5.51. The van der Waals surface area contributed by atoms with Crippen molar-refractivity contribution in [3.63, 3.8) is 0 Å². The Bertz CT molecular complexity index is 949. The van der Waals surface area contributed by atoms with Crippen molar-refractivity contribution in [2.45, 2.75) is 33.2 Å². The topological polar surface area (TPSA) is 76.9 Å². The summed E-state index contributed by atoms with van der Waals surface area (Å²) >= 11 is 0. The zero-order valence-electron chi connectivity index (χ0n) is 15.5. The summed E-state index contributed by atoms with van der Waals surface area (Å²) in [5, 5.41) is 7.04. The Morgan fingerprint density at radius 2 is 1.93 bits per heavy atom. The Morgan fingerprint density at radius 1 is 1.07 bits per heavy atom. The predicted molar refractivity (Wildman–Crippen MR) is 103 cm³/mol. The van der Waals surface area contributed by atoms with Crippen LogP contribution in [0.4, 0.5) is 0 Å². The van der Waals surface area contributed by atoms with E-state index in [1.807, 2.05) is 50.2 Å². The van der Waals surface area contributed by atoms with Crippen LogP contribution in [0.3, 0.4) is 0 Å². The standard InChI is InChI=1S/C21H22N4O2/c1-15-6-7-16(2)18(13-15)19(26)8-9-20(27)23-14-17-5-3-10-22-21(17)25-12-4-11-24-25/h3-7,10-13H,8-9,14H2,1-2H3,(H,23,27). The maximum atomic E-state index is 12.4. The summed E-state index contributed by atoms with van der Waals surface area (Å²) in [5.41, 5.74) is 3.52. The van der Waals surface area contributed by atoms with Crippen molar-refractivity contribution in [2.24, 2.45) is 0 Å². The number of rotatable bonds is 7. The van der Waals surface area contributed by atoms with Crippen LogP contribution in [0.5, 0.6) is 0 Å². The fourth-order valence-electron chi connectivity index (χ4n) is 2.85. The average Bonchev–Trinajstić information content (AvgIpc) is 3.21. The van der Waals surface area contributed by atoms with Crippen molar-refractivity contribution in [2.75, 3.05) is 0 Å². The normalized spacial score (nSPS) is 10.6. The third-order valence-electron chi connectivity index (χ3n) is 4.34. The van der Waals surface area contributed by atoms with E-state index in [1.54, 1.807) is 23.3 Å². The number of Topliss-reactive ketones (excluding diaryl/α,β-unsaturated/α-hetero) is 1. The lowest BCUT2D eigenvalue weighted by Gasteiger charge is -2.10. The van der Waals surface area contributed by atoms with Crippen molar-refractivity contribution in [1.82, 2.24) is 20.1 Å². The Morgan fingerprint density at radius 3 is 2.70 bits per heavy atom. The molecule has 1 N–H and O–H groups in total. The van der Waals surface area contributed by atoms with Gasteiger partial charge in [-0.2, -0.15) is 5.10 Å². The molecule has 6 heteroatoms. The van der Waals surface area contributed by atoms with E-state index in [0.717, 1.165) is 16.7 Å². The summed E-state index contributed by atoms with van der Waals surface area (Å²) in [4.78, 5) is 28.9. The Balaban J connectivity index is 1.57. The predicted octanol–water partition coefficient (Wildman–Crippen LogP) is 3.16. The number of nitrogens with zero attached hydrogens (tertiary/aromatic N) is 3. The second-order valence-corrected chi connectivity index (χ2v) is 6.46. The molecule has 0 radical (unpaired) electrons. The number of hydrogen-bond acceptors (Lipinski definition) is 4. The van der Waals surface area contributed by atoms with Gasteiger partial charge >= 0.3 is 0 Å². The quantitative estimate of drug-likeness (QED) is 0.655. The molecule has 27 heavy (non-hydrogen) atoms. The van der Waals surface area contributed by atoms with Crippen molar-refractivity contribution in [3.05, 3.63) is 77.2 Å². The molecule has 2 heterocycles. The number of aryl methyl sites for hydroxylation is 2. The highest BCUT2D eigenvalue weighted by atomic mass is 16.2. The summed E-state index contributed by atoms with van der Waals surface area (Å²) in [6, 6.07) is 11.3. The van der Waals surface area contributed by atoms with Crippen LogP contribution >= 0.6 is 0 Å². The van der Waals surface area contributed by atoms with Gasteiger partial charge in [-0.05, 0) is 37.6 Å². The van der Waals surface area contributed by atoms with Crippen LogP contribution in [-0.2, 0) is 11.3 Å². The lowest BCUT2D eigenvalue weighted by molar-refractivity contribution is -0.121. The zero-order chi connectivity index (χ0) is 19.2. The monoisotopic (exact) mass is 362 g/mol. The molecule has 2 aromatic heterocycles. The second kappa shape index (κ2) is 8.40. The van der Waals surface area contributed by atoms with Crippen LogP contribution < -0.4 is 5.32 Å². The van der Waals surface area contributed by atoms with E-state index in [-0.39, 0.29) is 24.5 Å². The average molecular weight is 362 g/mol. The molecule has 0 unspecified atom stereocenters. The molecule has 0 spiro atoms. The molecule has 3 aromatic rings. The molecule has 0 fully saturated rings. The third-order valence-corrected chi connectivity index (χ3v) is 4.34. The van der Waals surface area contributed by atoms with Gasteiger partial charge in [0, 0.05) is 49.1 Å². The third kappa shape index (κ3) is 4.67. The number of carbonyl (C=O) groups excluding carboxylic acids is 2. The molecule has 0 atom stereocenters. The molecule has 0 aliphatic rings. The first-order valence-electron chi connectivity index (χ1n) is 8.85. The molecule has 0 bridgehead atoms. The molecular weight excluding hydrogens is 340 g/mol. The van der Waals surface area contributed by atoms with E-state index in [4.69, 9.17) is 0 Å². The van der Waals surface area contributed by atoms with Gasteiger partial charge in [-0.15, -0.1) is 0 Å². The molecule has 0 saturated heterocycles. The van der Waals surface area contributed by atoms with Crippen LogP contribution in [0.1, 0.15) is 39.9 Å². The highest BCUT2D eigenvalue weighted by Crippen LogP contribution is 2.14. The maximum absolute atomic E-state index is 12.4. The molecular formula is C21H22N4O2. The lowest BCUT2D eigenvalue weighted by Crippen LogP contribution is -2.24. The number of hydrogen-bond donors (Lipinski definition) is 1. The number of pyridine rings is 1. The van der Waals surface area contributed by atoms with Gasteiger partial charge in [0.25, 0.3) is 0 Å². The number of carbonyl (C=O) groups is 2. The molecule has 0 saturated carbocycles. The SMILES string of the molecule is Cc1ccc(C)c(C(=O)CCC(=O)NCc2cccnc2-n2cccn2)c1. The van der Waals surface area contributed by atoms with E-state index in [1.165, 1.54) is 0 Å². The van der Waals surface area contributed by atoms with E-state index in [9.17, 15) is 9.59 Å². The number of nitrogens with one attached hydrogen (secondary N) is 1. The summed E-state index contributed by atoms with van der Waals surface area (Å²) in [7, 11) is 0. The van der Waals surface area contributed by atoms with Crippen LogP contribution in [-0.4, -0.2) is 26.5 Å². The first kappa shape index (κ1) is 18.5. The first-order valence-corrected chi connectivity index (χ1v) is 8.85. The fourth-order valence-corrected chi connectivity index (χ4v) is 2.85. The molecule has 1 aromatic carbocycles. The van der Waals surface area contributed by atoms with Gasteiger partial charge in [0.2, 0.25) is 5.91 Å². The molecule has 3 rings (SSSR count). The zero-order valence-corrected chi connectivity index (χ0v) is 15.5. The van der Waals surface area contributed by atoms with Crippen LogP contribution in [0.15, 0.2) is 55.0 Å². The van der Waals surface area contributed by atoms with Crippen molar-refractivity contribution >= 4 is 11.7 Å². The van der Waals surface area contributed by atoms with Crippen LogP contribution in [0, 0.1) is 13.8 Å². The van der Waals surface area contributed by atoms with Gasteiger partial charge in [-0.25, -0.2) is 9.67 Å². The van der Waals surface area contributed by atoms with E-state index in [2.05, 4.69) is 15.4 Å².